The summed E-state index contributed by atoms with van der Waals surface area (Å²) in [6.07, 6.45) is 8.63. The quantitative estimate of drug-likeness (QED) is 0.235. The van der Waals surface area contributed by atoms with E-state index in [1.807, 2.05) is 13.8 Å². The molecule has 1 fully saturated rings. The lowest BCUT2D eigenvalue weighted by Crippen LogP contribution is -2.50. The number of likely N-dealkylation sites (N-methyl/N-ethyl adjacent to an activating group) is 1. The van der Waals surface area contributed by atoms with Crippen LogP contribution < -0.4 is 5.73 Å². The molecule has 46 heavy (non-hydrogen) atoms. The van der Waals surface area contributed by atoms with Crippen molar-refractivity contribution in [2.45, 2.75) is 79.1 Å². The molecule has 0 saturated carbocycles. The minimum absolute atomic E-state index is 0.118. The molecule has 2 aliphatic rings. The van der Waals surface area contributed by atoms with Crippen LogP contribution in [0.3, 0.4) is 0 Å². The number of nitrogens with two attached hydrogens (primary N) is 1. The van der Waals surface area contributed by atoms with E-state index in [2.05, 4.69) is 43.0 Å². The number of ether oxygens (including phenoxy) is 2. The lowest BCUT2D eigenvalue weighted by Gasteiger charge is -2.35. The summed E-state index contributed by atoms with van der Waals surface area (Å²) in [4.78, 5) is 9.74. The largest absolute Gasteiger partial charge is 0.389 e. The summed E-state index contributed by atoms with van der Waals surface area (Å²) in [6.45, 7) is 12.0. The molecule has 1 aromatic carbocycles. The molecule has 1 aromatic heterocycles. The topological polar surface area (TPSA) is 87.1 Å². The molecular weight excluding hydrogens is 604 g/mol. The molecule has 0 bridgehead atoms. The second-order valence-corrected chi connectivity index (χ2v) is 13.4. The summed E-state index contributed by atoms with van der Waals surface area (Å²) >= 11 is 1.01. The van der Waals surface area contributed by atoms with Crippen molar-refractivity contribution in [2.24, 2.45) is 4.99 Å². The first-order valence-electron chi connectivity index (χ1n) is 15.9. The summed E-state index contributed by atoms with van der Waals surface area (Å²) in [5.74, 6) is -0.0685. The van der Waals surface area contributed by atoms with Crippen LogP contribution in [0.1, 0.15) is 97.2 Å². The molecule has 2 aliphatic heterocycles. The van der Waals surface area contributed by atoms with Crippen LogP contribution in [0.4, 0.5) is 13.8 Å². The molecule has 2 N–H and O–H groups in total. The molecule has 0 spiro atoms. The van der Waals surface area contributed by atoms with Crippen LogP contribution in [0, 0.1) is 24.1 Å². The normalized spacial score (nSPS) is 19.4. The standard InChI is InChI=1S/C36H47F2N5O2S/c1-9-12-13-29(43-15-14-36(20-43,21-44-8)42(6)7)41-17-25-23(5)33(38)31(27-19-45-18-26(25)27)30(22(4)10-2)32-24(16-39)35(40)46-34(32)28(37)11-3/h11,13,17H,9-10,12,14-15,18-21,40H2,1-8H3/b28-11+,29-13-,30-22+,41-17-. The molecule has 2 aromatic rings. The number of unbranched alkanes of at least 4 members (excludes halogenated alkanes) is 1. The number of benzene rings is 1. The maximum absolute atomic E-state index is 16.9. The molecule has 4 rings (SSSR count). The fraction of sp³-hybridized carbons (Fsp3) is 0.500. The smallest absolute Gasteiger partial charge is 0.136 e. The Labute approximate surface area is 276 Å². The molecule has 10 heteroatoms. The van der Waals surface area contributed by atoms with E-state index in [1.165, 1.54) is 6.08 Å². The second-order valence-electron chi connectivity index (χ2n) is 12.3. The third-order valence-electron chi connectivity index (χ3n) is 9.37. The van der Waals surface area contributed by atoms with Gasteiger partial charge in [0.2, 0.25) is 0 Å². The van der Waals surface area contributed by atoms with Gasteiger partial charge in [0, 0.05) is 43.1 Å². The van der Waals surface area contributed by atoms with Crippen molar-refractivity contribution in [1.29, 1.82) is 5.26 Å². The number of aliphatic imine (C=N–C) groups is 1. The first-order chi connectivity index (χ1) is 22.0. The van der Waals surface area contributed by atoms with Gasteiger partial charge in [0.1, 0.15) is 28.5 Å². The van der Waals surface area contributed by atoms with Gasteiger partial charge in [-0.05, 0) is 82.5 Å². The number of allylic oxidation sites excluding steroid dienone is 3. The van der Waals surface area contributed by atoms with Crippen molar-refractivity contribution in [3.8, 4) is 6.07 Å². The van der Waals surface area contributed by atoms with Crippen LogP contribution >= 0.6 is 11.3 Å². The highest BCUT2D eigenvalue weighted by Crippen LogP contribution is 2.47. The third kappa shape index (κ3) is 6.56. The van der Waals surface area contributed by atoms with Gasteiger partial charge in [0.05, 0.1) is 35.8 Å². The molecular formula is C36H47F2N5O2S. The van der Waals surface area contributed by atoms with Gasteiger partial charge in [0.15, 0.2) is 0 Å². The Bertz CT molecular complexity index is 1630. The van der Waals surface area contributed by atoms with Gasteiger partial charge in [-0.25, -0.2) is 13.8 Å². The average molecular weight is 652 g/mol. The van der Waals surface area contributed by atoms with Crippen molar-refractivity contribution in [3.63, 3.8) is 0 Å². The molecule has 3 heterocycles. The predicted molar refractivity (Wildman–Crippen MR) is 185 cm³/mol. The summed E-state index contributed by atoms with van der Waals surface area (Å²) in [7, 11) is 5.90. The summed E-state index contributed by atoms with van der Waals surface area (Å²) in [6, 6.07) is 2.16. The van der Waals surface area contributed by atoms with Crippen LogP contribution in [0.25, 0.3) is 11.4 Å². The number of fused-ring (bicyclic) bond motifs is 1. The van der Waals surface area contributed by atoms with Crippen molar-refractivity contribution < 1.29 is 18.3 Å². The molecule has 1 saturated heterocycles. The molecule has 1 atom stereocenters. The number of hydrogen-bond donors (Lipinski definition) is 1. The summed E-state index contributed by atoms with van der Waals surface area (Å²) in [5.41, 5.74) is 11.0. The lowest BCUT2D eigenvalue weighted by molar-refractivity contribution is 0.0482. The Morgan fingerprint density at radius 1 is 1.26 bits per heavy atom. The predicted octanol–water partition coefficient (Wildman–Crippen LogP) is 7.95. The van der Waals surface area contributed by atoms with Crippen molar-refractivity contribution in [1.82, 2.24) is 9.80 Å². The van der Waals surface area contributed by atoms with Crippen molar-refractivity contribution >= 4 is 34.0 Å². The van der Waals surface area contributed by atoms with Crippen molar-refractivity contribution in [2.75, 3.05) is 46.6 Å². The number of thiophene rings is 1. The first-order valence-corrected chi connectivity index (χ1v) is 16.7. The van der Waals surface area contributed by atoms with Crippen molar-refractivity contribution in [3.05, 3.63) is 73.2 Å². The maximum Gasteiger partial charge on any atom is 0.136 e. The zero-order valence-electron chi connectivity index (χ0n) is 28.4. The van der Waals surface area contributed by atoms with Crippen LogP contribution in [-0.2, 0) is 22.7 Å². The minimum atomic E-state index is -0.500. The van der Waals surface area contributed by atoms with E-state index < -0.39 is 11.6 Å². The van der Waals surface area contributed by atoms with E-state index in [0.29, 0.717) is 53.0 Å². The lowest BCUT2D eigenvalue weighted by atomic mass is 9.83. The van der Waals surface area contributed by atoms with E-state index in [1.54, 1.807) is 27.2 Å². The zero-order valence-corrected chi connectivity index (χ0v) is 29.3. The molecule has 0 amide bonds. The Morgan fingerprint density at radius 3 is 2.59 bits per heavy atom. The third-order valence-corrected chi connectivity index (χ3v) is 10.4. The molecule has 0 radical (unpaired) electrons. The average Bonchev–Trinajstić information content (AvgIpc) is 3.78. The van der Waals surface area contributed by atoms with E-state index in [-0.39, 0.29) is 27.6 Å². The number of methoxy groups -OCH3 is 1. The van der Waals surface area contributed by atoms with E-state index in [0.717, 1.165) is 60.6 Å². The number of nitrogen functional groups attached to an aromatic ring is 1. The number of nitrogens with zero attached hydrogens (tertiary/aromatic N) is 4. The zero-order chi connectivity index (χ0) is 33.8. The van der Waals surface area contributed by atoms with E-state index in [4.69, 9.17) is 20.2 Å². The fourth-order valence-electron chi connectivity index (χ4n) is 6.42. The highest BCUT2D eigenvalue weighted by Gasteiger charge is 2.41. The molecule has 0 aliphatic carbocycles. The van der Waals surface area contributed by atoms with Gasteiger partial charge < -0.3 is 20.1 Å². The Hall–Kier alpha value is -3.36. The number of likely N-dealkylation sites (tertiary alicyclic amines) is 1. The molecule has 7 nitrogen and oxygen atoms in total. The highest BCUT2D eigenvalue weighted by molar-refractivity contribution is 7.17. The van der Waals surface area contributed by atoms with Gasteiger partial charge in [-0.2, -0.15) is 5.26 Å². The SMILES string of the molecule is C/C=C(/F)c1sc(N)c(C#N)c1/C(=C(\C)CC)c1c(F)c(C)c(/C=N\C(=C\CCC)N2CCC(COC)(N(C)C)C2)c2c1COC2. The number of rotatable bonds is 12. The van der Waals surface area contributed by atoms with Gasteiger partial charge >= 0.3 is 0 Å². The monoisotopic (exact) mass is 651 g/mol. The number of nitriles is 1. The fourth-order valence-corrected chi connectivity index (χ4v) is 7.41. The van der Waals surface area contributed by atoms with Crippen LogP contribution in [-0.4, -0.2) is 62.5 Å². The Kier molecular flexibility index (Phi) is 11.6. The summed E-state index contributed by atoms with van der Waals surface area (Å²) < 4.78 is 43.7. The van der Waals surface area contributed by atoms with Gasteiger partial charge in [-0.15, -0.1) is 11.3 Å². The second kappa shape index (κ2) is 15.0. The van der Waals surface area contributed by atoms with Crippen LogP contribution in [0.15, 0.2) is 28.5 Å². The van der Waals surface area contributed by atoms with E-state index in [9.17, 15) is 5.26 Å². The number of anilines is 1. The van der Waals surface area contributed by atoms with E-state index >= 15 is 8.78 Å². The minimum Gasteiger partial charge on any atom is -0.389 e. The maximum atomic E-state index is 16.9. The molecule has 248 valence electrons. The first kappa shape index (κ1) is 35.5. The molecule has 1 unspecified atom stereocenters. The van der Waals surface area contributed by atoms with Gasteiger partial charge in [0.25, 0.3) is 0 Å². The Morgan fingerprint density at radius 2 is 1.98 bits per heavy atom. The van der Waals surface area contributed by atoms with Gasteiger partial charge in [-0.3, -0.25) is 4.90 Å². The highest BCUT2D eigenvalue weighted by atomic mass is 32.1. The number of halogens is 2. The van der Waals surface area contributed by atoms with Gasteiger partial charge in [-0.1, -0.05) is 31.9 Å². The van der Waals surface area contributed by atoms with Crippen LogP contribution in [0.5, 0.6) is 0 Å². The number of hydrogen-bond acceptors (Lipinski definition) is 8. The Balaban J connectivity index is 1.88. The summed E-state index contributed by atoms with van der Waals surface area (Å²) in [5, 5.41) is 10.3. The van der Waals surface area contributed by atoms with Crippen LogP contribution in [0.2, 0.25) is 0 Å².